The van der Waals surface area contributed by atoms with Crippen LogP contribution in [0.4, 0.5) is 11.5 Å². The van der Waals surface area contributed by atoms with Crippen LogP contribution in [-0.2, 0) is 0 Å². The van der Waals surface area contributed by atoms with E-state index in [9.17, 15) is 0 Å². The number of pyridine rings is 1. The van der Waals surface area contributed by atoms with E-state index in [0.717, 1.165) is 37.6 Å². The Balaban J connectivity index is 1.54. The lowest BCUT2D eigenvalue weighted by atomic mass is 10.1. The molecule has 1 N–H and O–H groups in total. The van der Waals surface area contributed by atoms with Crippen LogP contribution >= 0.6 is 0 Å². The molecule has 118 valence electrons. The van der Waals surface area contributed by atoms with Crippen LogP contribution < -0.4 is 15.0 Å². The molecule has 0 unspecified atom stereocenters. The number of nitrogens with zero attached hydrogens (tertiary/aromatic N) is 3. The Morgan fingerprint density at radius 2 is 2.30 bits per heavy atom. The molecule has 2 aromatic rings. The van der Waals surface area contributed by atoms with E-state index in [0.29, 0.717) is 11.5 Å². The van der Waals surface area contributed by atoms with Crippen molar-refractivity contribution in [2.75, 3.05) is 37.0 Å². The summed E-state index contributed by atoms with van der Waals surface area (Å²) in [4.78, 5) is 6.64. The molecule has 1 saturated heterocycles. The second kappa shape index (κ2) is 7.01. The number of methoxy groups -OCH3 is 1. The van der Waals surface area contributed by atoms with Crippen molar-refractivity contribution in [1.82, 2.24) is 4.98 Å². The summed E-state index contributed by atoms with van der Waals surface area (Å²) >= 11 is 0. The Hall–Kier alpha value is -2.74. The van der Waals surface area contributed by atoms with Gasteiger partial charge in [0.1, 0.15) is 17.6 Å². The first-order valence-corrected chi connectivity index (χ1v) is 7.77. The second-order valence-corrected chi connectivity index (χ2v) is 5.73. The summed E-state index contributed by atoms with van der Waals surface area (Å²) in [6.07, 6.45) is 2.75. The standard InChI is InChI=1S/C18H20N4O/c1-23-17-4-2-3-16(9-17)22-8-7-15(13-22)12-21-18-6-5-14(10-19)11-20-18/h2-6,9,11,15H,7-8,12-13H2,1H3,(H,20,21)/t15-/m1/s1. The number of ether oxygens (including phenoxy) is 1. The highest BCUT2D eigenvalue weighted by atomic mass is 16.5. The van der Waals surface area contributed by atoms with Gasteiger partial charge in [-0.1, -0.05) is 6.07 Å². The lowest BCUT2D eigenvalue weighted by molar-refractivity contribution is 0.415. The minimum atomic E-state index is 0.582. The molecule has 5 nitrogen and oxygen atoms in total. The normalized spacial score (nSPS) is 16.9. The molecule has 1 aliphatic rings. The van der Waals surface area contributed by atoms with Crippen LogP contribution in [0, 0.1) is 17.2 Å². The van der Waals surface area contributed by atoms with E-state index in [1.807, 2.05) is 18.2 Å². The van der Waals surface area contributed by atoms with Gasteiger partial charge in [-0.3, -0.25) is 0 Å². The van der Waals surface area contributed by atoms with Crippen molar-refractivity contribution < 1.29 is 4.74 Å². The highest BCUT2D eigenvalue weighted by Crippen LogP contribution is 2.27. The van der Waals surface area contributed by atoms with E-state index in [1.165, 1.54) is 5.69 Å². The van der Waals surface area contributed by atoms with E-state index < -0.39 is 0 Å². The SMILES string of the molecule is COc1cccc(N2CC[C@H](CNc3ccc(C#N)cn3)C2)c1. The Morgan fingerprint density at radius 1 is 1.39 bits per heavy atom. The zero-order chi connectivity index (χ0) is 16.1. The van der Waals surface area contributed by atoms with Gasteiger partial charge in [-0.15, -0.1) is 0 Å². The van der Waals surface area contributed by atoms with E-state index in [-0.39, 0.29) is 0 Å². The topological polar surface area (TPSA) is 61.2 Å². The zero-order valence-electron chi connectivity index (χ0n) is 13.2. The Kier molecular flexibility index (Phi) is 4.62. The predicted octanol–water partition coefficient (Wildman–Crippen LogP) is 2.90. The summed E-state index contributed by atoms with van der Waals surface area (Å²) in [5.41, 5.74) is 1.80. The molecule has 0 aliphatic carbocycles. The van der Waals surface area contributed by atoms with E-state index in [4.69, 9.17) is 10.00 Å². The molecule has 0 saturated carbocycles. The number of hydrogen-bond acceptors (Lipinski definition) is 5. The third-order valence-corrected chi connectivity index (χ3v) is 4.17. The smallest absolute Gasteiger partial charge is 0.125 e. The molecule has 0 bridgehead atoms. The maximum absolute atomic E-state index is 8.78. The van der Waals surface area contributed by atoms with Crippen LogP contribution in [0.2, 0.25) is 0 Å². The first kappa shape index (κ1) is 15.2. The van der Waals surface area contributed by atoms with Gasteiger partial charge >= 0.3 is 0 Å². The number of nitrogens with one attached hydrogen (secondary N) is 1. The van der Waals surface area contributed by atoms with Crippen LogP contribution in [-0.4, -0.2) is 31.7 Å². The van der Waals surface area contributed by atoms with Gasteiger partial charge < -0.3 is 15.0 Å². The number of rotatable bonds is 5. The average Bonchev–Trinajstić information content (AvgIpc) is 3.09. The average molecular weight is 308 g/mol. The lowest BCUT2D eigenvalue weighted by Gasteiger charge is -2.19. The number of anilines is 2. The van der Waals surface area contributed by atoms with Crippen molar-refractivity contribution in [2.45, 2.75) is 6.42 Å². The van der Waals surface area contributed by atoms with E-state index >= 15 is 0 Å². The van der Waals surface area contributed by atoms with Crippen LogP contribution in [0.25, 0.3) is 0 Å². The molecule has 0 amide bonds. The van der Waals surface area contributed by atoms with E-state index in [2.05, 4.69) is 33.4 Å². The van der Waals surface area contributed by atoms with E-state index in [1.54, 1.807) is 19.4 Å². The van der Waals surface area contributed by atoms with Gasteiger partial charge in [-0.05, 0) is 36.6 Å². The van der Waals surface area contributed by atoms with Gasteiger partial charge in [0, 0.05) is 37.6 Å². The zero-order valence-corrected chi connectivity index (χ0v) is 13.2. The molecule has 2 heterocycles. The fraction of sp³-hybridized carbons (Fsp3) is 0.333. The molecule has 1 atom stereocenters. The third kappa shape index (κ3) is 3.72. The molecule has 1 aromatic carbocycles. The summed E-state index contributed by atoms with van der Waals surface area (Å²) < 4.78 is 5.30. The number of aromatic nitrogens is 1. The van der Waals surface area contributed by atoms with Crippen LogP contribution in [0.15, 0.2) is 42.6 Å². The van der Waals surface area contributed by atoms with Crippen LogP contribution in [0.5, 0.6) is 5.75 Å². The van der Waals surface area contributed by atoms with Gasteiger partial charge in [0.2, 0.25) is 0 Å². The molecular weight excluding hydrogens is 288 g/mol. The van der Waals surface area contributed by atoms with Crippen molar-refractivity contribution in [2.24, 2.45) is 5.92 Å². The summed E-state index contributed by atoms with van der Waals surface area (Å²) in [6, 6.07) is 13.9. The number of nitriles is 1. The molecule has 1 aliphatic heterocycles. The van der Waals surface area contributed by atoms with Crippen molar-refractivity contribution in [1.29, 1.82) is 5.26 Å². The summed E-state index contributed by atoms with van der Waals surface area (Å²) in [5.74, 6) is 2.30. The van der Waals surface area contributed by atoms with Crippen LogP contribution in [0.3, 0.4) is 0 Å². The molecular formula is C18H20N4O. The van der Waals surface area contributed by atoms with Gasteiger partial charge in [0.15, 0.2) is 0 Å². The summed E-state index contributed by atoms with van der Waals surface area (Å²) in [6.45, 7) is 2.97. The summed E-state index contributed by atoms with van der Waals surface area (Å²) in [5, 5.41) is 12.1. The first-order valence-electron chi connectivity index (χ1n) is 7.77. The largest absolute Gasteiger partial charge is 0.497 e. The summed E-state index contributed by atoms with van der Waals surface area (Å²) in [7, 11) is 1.69. The molecule has 0 spiro atoms. The third-order valence-electron chi connectivity index (χ3n) is 4.17. The highest BCUT2D eigenvalue weighted by molar-refractivity contribution is 5.51. The first-order chi connectivity index (χ1) is 11.3. The second-order valence-electron chi connectivity index (χ2n) is 5.73. The number of benzene rings is 1. The fourth-order valence-electron chi connectivity index (χ4n) is 2.85. The quantitative estimate of drug-likeness (QED) is 0.920. The molecule has 3 rings (SSSR count). The maximum Gasteiger partial charge on any atom is 0.125 e. The van der Waals surface area contributed by atoms with Crippen molar-refractivity contribution in [3.63, 3.8) is 0 Å². The predicted molar refractivity (Wildman–Crippen MR) is 90.8 cm³/mol. The maximum atomic E-state index is 8.78. The van der Waals surface area contributed by atoms with Crippen molar-refractivity contribution >= 4 is 11.5 Å². The Labute approximate surface area is 136 Å². The lowest BCUT2D eigenvalue weighted by Crippen LogP contribution is -2.22. The van der Waals surface area contributed by atoms with Crippen LogP contribution in [0.1, 0.15) is 12.0 Å². The van der Waals surface area contributed by atoms with Crippen molar-refractivity contribution in [3.05, 3.63) is 48.2 Å². The molecule has 1 fully saturated rings. The molecule has 23 heavy (non-hydrogen) atoms. The van der Waals surface area contributed by atoms with Gasteiger partial charge in [0.05, 0.1) is 12.7 Å². The minimum absolute atomic E-state index is 0.582. The van der Waals surface area contributed by atoms with Gasteiger partial charge in [-0.25, -0.2) is 4.98 Å². The minimum Gasteiger partial charge on any atom is -0.497 e. The molecule has 1 aromatic heterocycles. The number of hydrogen-bond donors (Lipinski definition) is 1. The molecule has 5 heteroatoms. The Morgan fingerprint density at radius 3 is 3.04 bits per heavy atom. The fourth-order valence-corrected chi connectivity index (χ4v) is 2.85. The van der Waals surface area contributed by atoms with Gasteiger partial charge in [-0.2, -0.15) is 5.26 Å². The van der Waals surface area contributed by atoms with Crippen molar-refractivity contribution in [3.8, 4) is 11.8 Å². The monoisotopic (exact) mass is 308 g/mol. The Bertz CT molecular complexity index is 693. The molecule has 0 radical (unpaired) electrons. The highest BCUT2D eigenvalue weighted by Gasteiger charge is 2.22. The van der Waals surface area contributed by atoms with Gasteiger partial charge in [0.25, 0.3) is 0 Å².